The summed E-state index contributed by atoms with van der Waals surface area (Å²) in [4.78, 5) is 29.9. The molecule has 0 bridgehead atoms. The predicted molar refractivity (Wildman–Crippen MR) is 115 cm³/mol. The minimum Gasteiger partial charge on any atom is -0.484 e. The Morgan fingerprint density at radius 2 is 1.76 bits per heavy atom. The highest BCUT2D eigenvalue weighted by Gasteiger charge is 2.21. The van der Waals surface area contributed by atoms with Crippen LogP contribution in [0, 0.1) is 6.92 Å². The van der Waals surface area contributed by atoms with E-state index >= 15 is 0 Å². The quantitative estimate of drug-likeness (QED) is 0.844. The Morgan fingerprint density at radius 3 is 2.45 bits per heavy atom. The molecule has 1 fully saturated rings. The van der Waals surface area contributed by atoms with Gasteiger partial charge in [-0.15, -0.1) is 0 Å². The molecule has 7 nitrogen and oxygen atoms in total. The molecule has 29 heavy (non-hydrogen) atoms. The maximum absolute atomic E-state index is 12.6. The molecule has 0 saturated carbocycles. The molecule has 0 unspecified atom stereocenters. The average Bonchev–Trinajstić information content (AvgIpc) is 2.72. The van der Waals surface area contributed by atoms with Crippen molar-refractivity contribution in [3.63, 3.8) is 0 Å². The summed E-state index contributed by atoms with van der Waals surface area (Å²) in [7, 11) is 3.36. The minimum atomic E-state index is -0.129. The number of nitrogens with zero attached hydrogens (tertiary/aromatic N) is 3. The first-order valence-electron chi connectivity index (χ1n) is 9.73. The van der Waals surface area contributed by atoms with Gasteiger partial charge in [0.25, 0.3) is 5.91 Å². The molecule has 7 heteroatoms. The summed E-state index contributed by atoms with van der Waals surface area (Å²) >= 11 is 0. The van der Waals surface area contributed by atoms with Gasteiger partial charge in [0.2, 0.25) is 0 Å². The van der Waals surface area contributed by atoms with Gasteiger partial charge in [0.15, 0.2) is 6.61 Å². The number of hydrogen-bond acceptors (Lipinski definition) is 4. The molecule has 2 aromatic rings. The molecule has 0 atom stereocenters. The summed E-state index contributed by atoms with van der Waals surface area (Å²) in [5, 5.41) is 2.92. The lowest BCUT2D eigenvalue weighted by Crippen LogP contribution is -2.50. The van der Waals surface area contributed by atoms with Gasteiger partial charge in [-0.1, -0.05) is 18.2 Å². The minimum absolute atomic E-state index is 0.0364. The molecule has 3 rings (SSSR count). The molecule has 0 aliphatic carbocycles. The van der Waals surface area contributed by atoms with Crippen molar-refractivity contribution in [3.8, 4) is 5.75 Å². The molecule has 1 saturated heterocycles. The second-order valence-electron chi connectivity index (χ2n) is 7.35. The summed E-state index contributed by atoms with van der Waals surface area (Å²) in [6, 6.07) is 15.4. The van der Waals surface area contributed by atoms with E-state index in [1.807, 2.05) is 11.0 Å². The van der Waals surface area contributed by atoms with Crippen LogP contribution < -0.4 is 15.0 Å². The van der Waals surface area contributed by atoms with E-state index in [1.165, 1.54) is 16.2 Å². The van der Waals surface area contributed by atoms with Crippen molar-refractivity contribution in [1.82, 2.24) is 9.80 Å². The molecule has 1 N–H and O–H groups in total. The zero-order valence-electron chi connectivity index (χ0n) is 17.2. The molecule has 0 aromatic heterocycles. The van der Waals surface area contributed by atoms with E-state index in [0.717, 1.165) is 13.1 Å². The van der Waals surface area contributed by atoms with Crippen molar-refractivity contribution in [2.24, 2.45) is 0 Å². The van der Waals surface area contributed by atoms with Gasteiger partial charge in [-0.2, -0.15) is 0 Å². The van der Waals surface area contributed by atoms with Crippen LogP contribution in [0.3, 0.4) is 0 Å². The largest absolute Gasteiger partial charge is 0.484 e. The zero-order valence-corrected chi connectivity index (χ0v) is 17.2. The van der Waals surface area contributed by atoms with Gasteiger partial charge in [0.1, 0.15) is 5.75 Å². The summed E-state index contributed by atoms with van der Waals surface area (Å²) < 4.78 is 5.51. The summed E-state index contributed by atoms with van der Waals surface area (Å²) in [6.07, 6.45) is 0. The van der Waals surface area contributed by atoms with E-state index in [4.69, 9.17) is 4.74 Å². The number of carbonyl (C=O) groups is 2. The Bertz CT molecular complexity index is 861. The Hall–Kier alpha value is -3.22. The standard InChI is InChI=1S/C22H28N4O3/c1-17-6-4-8-19(14-17)25-10-12-26(13-11-25)22(28)23-18-7-5-9-20(15-18)29-16-21(27)24(2)3/h4-9,14-15H,10-13,16H2,1-3H3,(H,23,28). The third kappa shape index (κ3) is 5.63. The molecule has 2 aromatic carbocycles. The van der Waals surface area contributed by atoms with Crippen LogP contribution in [0.2, 0.25) is 0 Å². The van der Waals surface area contributed by atoms with Crippen LogP contribution in [0.5, 0.6) is 5.75 Å². The Morgan fingerprint density at radius 1 is 1.03 bits per heavy atom. The number of amides is 3. The number of nitrogens with one attached hydrogen (secondary N) is 1. The molecule has 0 spiro atoms. The summed E-state index contributed by atoms with van der Waals surface area (Å²) in [5.41, 5.74) is 3.07. The highest BCUT2D eigenvalue weighted by molar-refractivity contribution is 5.89. The van der Waals surface area contributed by atoms with Gasteiger partial charge in [0, 0.05) is 57.7 Å². The number of aryl methyl sites for hydroxylation is 1. The smallest absolute Gasteiger partial charge is 0.321 e. The first kappa shape index (κ1) is 20.5. The fraction of sp³-hybridized carbons (Fsp3) is 0.364. The highest BCUT2D eigenvalue weighted by atomic mass is 16.5. The van der Waals surface area contributed by atoms with Gasteiger partial charge in [-0.25, -0.2) is 4.79 Å². The van der Waals surface area contributed by atoms with Crippen LogP contribution >= 0.6 is 0 Å². The van der Waals surface area contributed by atoms with E-state index in [1.54, 1.807) is 32.3 Å². The van der Waals surface area contributed by atoms with Gasteiger partial charge < -0.3 is 24.8 Å². The Balaban J connectivity index is 1.52. The molecule has 154 valence electrons. The van der Waals surface area contributed by atoms with Crippen LogP contribution in [-0.2, 0) is 4.79 Å². The molecule has 1 aliphatic heterocycles. The van der Waals surface area contributed by atoms with Gasteiger partial charge >= 0.3 is 6.03 Å². The predicted octanol–water partition coefficient (Wildman–Crippen LogP) is 2.82. The van der Waals surface area contributed by atoms with E-state index in [-0.39, 0.29) is 18.5 Å². The average molecular weight is 396 g/mol. The Kier molecular flexibility index (Phi) is 6.59. The fourth-order valence-corrected chi connectivity index (χ4v) is 3.13. The first-order valence-corrected chi connectivity index (χ1v) is 9.73. The van der Waals surface area contributed by atoms with Crippen molar-refractivity contribution in [3.05, 3.63) is 54.1 Å². The summed E-state index contributed by atoms with van der Waals surface area (Å²) in [6.45, 7) is 4.96. The van der Waals surface area contributed by atoms with Crippen molar-refractivity contribution >= 4 is 23.3 Å². The Labute approximate surface area is 171 Å². The number of urea groups is 1. The summed E-state index contributed by atoms with van der Waals surface area (Å²) in [5.74, 6) is 0.424. The van der Waals surface area contributed by atoms with Crippen molar-refractivity contribution in [2.75, 3.05) is 57.1 Å². The number of likely N-dealkylation sites (N-methyl/N-ethyl adjacent to an activating group) is 1. The van der Waals surface area contributed by atoms with E-state index in [0.29, 0.717) is 24.5 Å². The van der Waals surface area contributed by atoms with Crippen molar-refractivity contribution in [1.29, 1.82) is 0 Å². The fourth-order valence-electron chi connectivity index (χ4n) is 3.13. The number of benzene rings is 2. The maximum atomic E-state index is 12.6. The number of piperazine rings is 1. The monoisotopic (exact) mass is 396 g/mol. The van der Waals surface area contributed by atoms with Gasteiger partial charge in [-0.05, 0) is 36.8 Å². The maximum Gasteiger partial charge on any atom is 0.321 e. The lowest BCUT2D eigenvalue weighted by Gasteiger charge is -2.36. The number of rotatable bonds is 5. The second-order valence-corrected chi connectivity index (χ2v) is 7.35. The van der Waals surface area contributed by atoms with Crippen LogP contribution in [0.4, 0.5) is 16.2 Å². The van der Waals surface area contributed by atoms with E-state index in [9.17, 15) is 9.59 Å². The normalized spacial score (nSPS) is 13.8. The SMILES string of the molecule is Cc1cccc(N2CCN(C(=O)Nc3cccc(OCC(=O)N(C)C)c3)CC2)c1. The number of ether oxygens (including phenoxy) is 1. The van der Waals surface area contributed by atoms with Crippen LogP contribution in [0.1, 0.15) is 5.56 Å². The van der Waals surface area contributed by atoms with Gasteiger partial charge in [0.05, 0.1) is 0 Å². The third-order valence-corrected chi connectivity index (χ3v) is 4.88. The topological polar surface area (TPSA) is 65.1 Å². The molecule has 1 aliphatic rings. The van der Waals surface area contributed by atoms with Crippen LogP contribution in [-0.4, -0.2) is 68.6 Å². The number of anilines is 2. The van der Waals surface area contributed by atoms with Crippen LogP contribution in [0.25, 0.3) is 0 Å². The molecule has 0 radical (unpaired) electrons. The van der Waals surface area contributed by atoms with E-state index < -0.39 is 0 Å². The van der Waals surface area contributed by atoms with Crippen LogP contribution in [0.15, 0.2) is 48.5 Å². The molecular weight excluding hydrogens is 368 g/mol. The van der Waals surface area contributed by atoms with Crippen molar-refractivity contribution in [2.45, 2.75) is 6.92 Å². The molecule has 1 heterocycles. The highest BCUT2D eigenvalue weighted by Crippen LogP contribution is 2.20. The van der Waals surface area contributed by atoms with Crippen molar-refractivity contribution < 1.29 is 14.3 Å². The van der Waals surface area contributed by atoms with Gasteiger partial charge in [-0.3, -0.25) is 4.79 Å². The second kappa shape index (κ2) is 9.32. The number of carbonyl (C=O) groups excluding carboxylic acids is 2. The zero-order chi connectivity index (χ0) is 20.8. The number of hydrogen-bond donors (Lipinski definition) is 1. The first-order chi connectivity index (χ1) is 13.9. The molecular formula is C22H28N4O3. The lowest BCUT2D eigenvalue weighted by molar-refractivity contribution is -0.130. The van der Waals surface area contributed by atoms with E-state index in [2.05, 4.69) is 41.4 Å². The third-order valence-electron chi connectivity index (χ3n) is 4.88. The lowest BCUT2D eigenvalue weighted by atomic mass is 10.2. The molecule has 3 amide bonds.